The Bertz CT molecular complexity index is 978. The van der Waals surface area contributed by atoms with Gasteiger partial charge in [-0.25, -0.2) is 0 Å². The Kier molecular flexibility index (Phi) is 6.75. The van der Waals surface area contributed by atoms with Crippen molar-refractivity contribution >= 4 is 23.2 Å². The van der Waals surface area contributed by atoms with E-state index in [-0.39, 0.29) is 12.5 Å². The summed E-state index contributed by atoms with van der Waals surface area (Å²) in [5.41, 5.74) is 7.53. The number of ether oxygens (including phenoxy) is 2. The fourth-order valence-corrected chi connectivity index (χ4v) is 3.39. The van der Waals surface area contributed by atoms with E-state index < -0.39 is 5.91 Å². The maximum Gasteiger partial charge on any atom is 0.262 e. The van der Waals surface area contributed by atoms with E-state index in [0.717, 1.165) is 31.6 Å². The molecule has 1 fully saturated rings. The van der Waals surface area contributed by atoms with Crippen molar-refractivity contribution in [3.05, 3.63) is 47.5 Å². The zero-order chi connectivity index (χ0) is 21.5. The summed E-state index contributed by atoms with van der Waals surface area (Å²) in [6.07, 6.45) is 3.33. The molecule has 2 aromatic rings. The van der Waals surface area contributed by atoms with Crippen LogP contribution >= 0.6 is 0 Å². The molecule has 0 aromatic heterocycles. The molecule has 1 saturated heterocycles. The second-order valence-electron chi connectivity index (χ2n) is 6.96. The van der Waals surface area contributed by atoms with Gasteiger partial charge >= 0.3 is 0 Å². The molecule has 2 amide bonds. The molecule has 0 spiro atoms. The lowest BCUT2D eigenvalue weighted by Crippen LogP contribution is -2.31. The van der Waals surface area contributed by atoms with Crippen LogP contribution in [0.4, 0.5) is 11.4 Å². The zero-order valence-corrected chi connectivity index (χ0v) is 16.8. The van der Waals surface area contributed by atoms with Gasteiger partial charge in [0.25, 0.3) is 5.91 Å². The van der Waals surface area contributed by atoms with Gasteiger partial charge in [-0.15, -0.1) is 0 Å². The van der Waals surface area contributed by atoms with Crippen molar-refractivity contribution in [1.82, 2.24) is 0 Å². The number of benzene rings is 2. The number of anilines is 2. The molecule has 2 aromatic carbocycles. The molecular weight excluding hydrogens is 384 g/mol. The van der Waals surface area contributed by atoms with Gasteiger partial charge in [0.2, 0.25) is 5.91 Å². The fourth-order valence-electron chi connectivity index (χ4n) is 3.39. The summed E-state index contributed by atoms with van der Waals surface area (Å²) in [4.78, 5) is 26.3. The predicted octanol–water partition coefficient (Wildman–Crippen LogP) is 2.67. The standard InChI is InChI=1S/C22H24N4O4/c1-29-20-11-15(13-23)5-8-19(20)30-14-21(27)25-17-12-16(22(24)28)6-7-18(17)26-9-3-2-4-10-26/h5-8,11-12H,2-4,9-10,14H2,1H3,(H2,24,28)(H,25,27). The minimum Gasteiger partial charge on any atom is -0.493 e. The molecule has 1 heterocycles. The highest BCUT2D eigenvalue weighted by molar-refractivity contribution is 5.99. The van der Waals surface area contributed by atoms with Gasteiger partial charge in [-0.3, -0.25) is 9.59 Å². The summed E-state index contributed by atoms with van der Waals surface area (Å²) in [6.45, 7) is 1.51. The summed E-state index contributed by atoms with van der Waals surface area (Å²) < 4.78 is 10.8. The van der Waals surface area contributed by atoms with E-state index in [1.807, 2.05) is 12.1 Å². The topological polar surface area (TPSA) is 118 Å². The van der Waals surface area contributed by atoms with Crippen LogP contribution in [0.5, 0.6) is 11.5 Å². The number of carbonyl (C=O) groups excluding carboxylic acids is 2. The molecule has 0 bridgehead atoms. The number of nitriles is 1. The average Bonchev–Trinajstić information content (AvgIpc) is 2.78. The molecule has 30 heavy (non-hydrogen) atoms. The van der Waals surface area contributed by atoms with Gasteiger partial charge in [0.15, 0.2) is 18.1 Å². The highest BCUT2D eigenvalue weighted by atomic mass is 16.5. The molecule has 0 unspecified atom stereocenters. The third kappa shape index (κ3) is 5.00. The Balaban J connectivity index is 1.74. The third-order valence-corrected chi connectivity index (χ3v) is 4.90. The van der Waals surface area contributed by atoms with Crippen LogP contribution in [0.15, 0.2) is 36.4 Å². The first kappa shape index (κ1) is 21.0. The number of nitrogens with two attached hydrogens (primary N) is 1. The first-order valence-corrected chi connectivity index (χ1v) is 9.71. The van der Waals surface area contributed by atoms with Gasteiger partial charge in [0.05, 0.1) is 30.1 Å². The first-order valence-electron chi connectivity index (χ1n) is 9.71. The van der Waals surface area contributed by atoms with Crippen LogP contribution in [0, 0.1) is 11.3 Å². The van der Waals surface area contributed by atoms with Crippen molar-refractivity contribution in [2.45, 2.75) is 19.3 Å². The summed E-state index contributed by atoms with van der Waals surface area (Å²) in [6, 6.07) is 11.8. The Morgan fingerprint density at radius 3 is 2.57 bits per heavy atom. The molecular formula is C22H24N4O4. The van der Waals surface area contributed by atoms with Crippen LogP contribution < -0.4 is 25.4 Å². The van der Waals surface area contributed by atoms with Crippen molar-refractivity contribution in [1.29, 1.82) is 5.26 Å². The maximum absolute atomic E-state index is 12.6. The molecule has 0 atom stereocenters. The van der Waals surface area contributed by atoms with E-state index in [0.29, 0.717) is 28.3 Å². The largest absolute Gasteiger partial charge is 0.493 e. The van der Waals surface area contributed by atoms with Crippen molar-refractivity contribution in [3.8, 4) is 17.6 Å². The van der Waals surface area contributed by atoms with Gasteiger partial charge < -0.3 is 25.4 Å². The summed E-state index contributed by atoms with van der Waals surface area (Å²) in [5, 5.41) is 11.8. The van der Waals surface area contributed by atoms with E-state index in [4.69, 9.17) is 20.5 Å². The molecule has 3 rings (SSSR count). The van der Waals surface area contributed by atoms with Gasteiger partial charge in [-0.1, -0.05) is 0 Å². The van der Waals surface area contributed by atoms with Crippen LogP contribution in [0.3, 0.4) is 0 Å². The Morgan fingerprint density at radius 2 is 1.90 bits per heavy atom. The molecule has 8 nitrogen and oxygen atoms in total. The minimum atomic E-state index is -0.561. The maximum atomic E-state index is 12.6. The quantitative estimate of drug-likeness (QED) is 0.727. The van der Waals surface area contributed by atoms with E-state index in [1.54, 1.807) is 24.3 Å². The van der Waals surface area contributed by atoms with Gasteiger partial charge in [-0.05, 0) is 49.6 Å². The van der Waals surface area contributed by atoms with Crippen LogP contribution in [-0.4, -0.2) is 38.6 Å². The zero-order valence-electron chi connectivity index (χ0n) is 16.8. The molecule has 3 N–H and O–H groups in total. The average molecular weight is 408 g/mol. The monoisotopic (exact) mass is 408 g/mol. The second kappa shape index (κ2) is 9.65. The number of carbonyl (C=O) groups is 2. The van der Waals surface area contributed by atoms with Crippen molar-refractivity contribution < 1.29 is 19.1 Å². The molecule has 156 valence electrons. The molecule has 1 aliphatic heterocycles. The number of nitrogens with zero attached hydrogens (tertiary/aromatic N) is 2. The van der Waals surface area contributed by atoms with Crippen LogP contribution in [0.2, 0.25) is 0 Å². The number of hydrogen-bond acceptors (Lipinski definition) is 6. The highest BCUT2D eigenvalue weighted by Gasteiger charge is 2.18. The fraction of sp³-hybridized carbons (Fsp3) is 0.318. The van der Waals surface area contributed by atoms with Crippen LogP contribution in [0.25, 0.3) is 0 Å². The van der Waals surface area contributed by atoms with Gasteiger partial charge in [-0.2, -0.15) is 5.26 Å². The smallest absolute Gasteiger partial charge is 0.262 e. The van der Waals surface area contributed by atoms with Crippen LogP contribution in [-0.2, 0) is 4.79 Å². The van der Waals surface area contributed by atoms with Crippen molar-refractivity contribution in [2.75, 3.05) is 37.0 Å². The number of piperidine rings is 1. The molecule has 1 aliphatic rings. The Hall–Kier alpha value is -3.73. The highest BCUT2D eigenvalue weighted by Crippen LogP contribution is 2.30. The Morgan fingerprint density at radius 1 is 1.13 bits per heavy atom. The number of primary amides is 1. The molecule has 0 saturated carbocycles. The SMILES string of the molecule is COc1cc(C#N)ccc1OCC(=O)Nc1cc(C(N)=O)ccc1N1CCCCC1. The molecule has 0 aliphatic carbocycles. The second-order valence-corrected chi connectivity index (χ2v) is 6.96. The third-order valence-electron chi connectivity index (χ3n) is 4.90. The number of amides is 2. The van der Waals surface area contributed by atoms with E-state index in [2.05, 4.69) is 10.2 Å². The predicted molar refractivity (Wildman–Crippen MR) is 113 cm³/mol. The summed E-state index contributed by atoms with van der Waals surface area (Å²) in [5.74, 6) is -0.226. The summed E-state index contributed by atoms with van der Waals surface area (Å²) in [7, 11) is 1.46. The number of methoxy groups -OCH3 is 1. The Labute approximate surface area is 175 Å². The van der Waals surface area contributed by atoms with E-state index in [1.165, 1.54) is 19.6 Å². The first-order chi connectivity index (χ1) is 14.5. The number of hydrogen-bond donors (Lipinski definition) is 2. The van der Waals surface area contributed by atoms with Crippen LogP contribution in [0.1, 0.15) is 35.2 Å². The minimum absolute atomic E-state index is 0.261. The van der Waals surface area contributed by atoms with E-state index in [9.17, 15) is 9.59 Å². The normalized spacial score (nSPS) is 13.3. The lowest BCUT2D eigenvalue weighted by atomic mass is 10.1. The van der Waals surface area contributed by atoms with Gasteiger partial charge in [0, 0.05) is 24.7 Å². The summed E-state index contributed by atoms with van der Waals surface area (Å²) >= 11 is 0. The van der Waals surface area contributed by atoms with Gasteiger partial charge in [0.1, 0.15) is 0 Å². The lowest BCUT2D eigenvalue weighted by Gasteiger charge is -2.30. The van der Waals surface area contributed by atoms with Crippen molar-refractivity contribution in [2.24, 2.45) is 5.73 Å². The molecule has 0 radical (unpaired) electrons. The van der Waals surface area contributed by atoms with E-state index >= 15 is 0 Å². The lowest BCUT2D eigenvalue weighted by molar-refractivity contribution is -0.118. The number of rotatable bonds is 7. The molecule has 8 heteroatoms. The number of nitrogens with one attached hydrogen (secondary N) is 1. The van der Waals surface area contributed by atoms with Crippen molar-refractivity contribution in [3.63, 3.8) is 0 Å².